The fraction of sp³-hybridized carbons (Fsp3) is 0.462. The number of carbonyl (C=O) groups excluding carboxylic acids is 1. The second-order valence-corrected chi connectivity index (χ2v) is 5.05. The number of anilines is 1. The van der Waals surface area contributed by atoms with Gasteiger partial charge in [0.05, 0.1) is 6.61 Å². The summed E-state index contributed by atoms with van der Waals surface area (Å²) in [6.07, 6.45) is 0.945. The van der Waals surface area contributed by atoms with Crippen molar-refractivity contribution in [3.05, 3.63) is 29.8 Å². The maximum atomic E-state index is 11.9. The predicted octanol–water partition coefficient (Wildman–Crippen LogP) is 2.16. The smallest absolute Gasteiger partial charge is 0.228 e. The van der Waals surface area contributed by atoms with Gasteiger partial charge in [-0.1, -0.05) is 32.0 Å². The van der Waals surface area contributed by atoms with E-state index in [1.54, 1.807) is 0 Å². The molecule has 2 N–H and O–H groups in total. The van der Waals surface area contributed by atoms with E-state index in [4.69, 9.17) is 5.11 Å². The summed E-state index contributed by atoms with van der Waals surface area (Å²) in [6, 6.07) is 7.33. The molecule has 3 heteroatoms. The van der Waals surface area contributed by atoms with Crippen LogP contribution >= 0.6 is 0 Å². The van der Waals surface area contributed by atoms with Crippen LogP contribution in [0.25, 0.3) is 0 Å². The number of amides is 1. The minimum absolute atomic E-state index is 0.0511. The molecule has 1 saturated carbocycles. The number of benzene rings is 1. The van der Waals surface area contributed by atoms with E-state index in [1.807, 2.05) is 24.3 Å². The molecule has 0 saturated heterocycles. The molecule has 1 unspecified atom stereocenters. The van der Waals surface area contributed by atoms with Gasteiger partial charge in [-0.05, 0) is 17.9 Å². The van der Waals surface area contributed by atoms with Crippen LogP contribution in [0, 0.1) is 11.3 Å². The van der Waals surface area contributed by atoms with Gasteiger partial charge in [0.2, 0.25) is 5.91 Å². The van der Waals surface area contributed by atoms with Crippen LogP contribution in [0.3, 0.4) is 0 Å². The van der Waals surface area contributed by atoms with Gasteiger partial charge in [0, 0.05) is 17.2 Å². The molecule has 1 fully saturated rings. The van der Waals surface area contributed by atoms with E-state index < -0.39 is 0 Å². The molecule has 16 heavy (non-hydrogen) atoms. The highest BCUT2D eigenvalue weighted by molar-refractivity contribution is 5.95. The van der Waals surface area contributed by atoms with Gasteiger partial charge in [-0.3, -0.25) is 4.79 Å². The zero-order valence-electron chi connectivity index (χ0n) is 9.66. The minimum atomic E-state index is -0.0511. The van der Waals surface area contributed by atoms with Crippen LogP contribution < -0.4 is 5.32 Å². The summed E-state index contributed by atoms with van der Waals surface area (Å²) in [5.41, 5.74) is 1.62. The summed E-state index contributed by atoms with van der Waals surface area (Å²) in [5.74, 6) is 0.171. The quantitative estimate of drug-likeness (QED) is 0.818. The molecular formula is C13H17NO2. The average Bonchev–Trinajstić information content (AvgIpc) is 2.89. The van der Waals surface area contributed by atoms with Crippen LogP contribution in [0.5, 0.6) is 0 Å². The van der Waals surface area contributed by atoms with Gasteiger partial charge < -0.3 is 10.4 Å². The molecule has 1 aromatic carbocycles. The Kier molecular flexibility index (Phi) is 2.72. The lowest BCUT2D eigenvalue weighted by atomic mass is 10.1. The van der Waals surface area contributed by atoms with Crippen LogP contribution in [0.2, 0.25) is 0 Å². The van der Waals surface area contributed by atoms with Crippen molar-refractivity contribution >= 4 is 11.6 Å². The van der Waals surface area contributed by atoms with E-state index in [0.717, 1.165) is 17.7 Å². The van der Waals surface area contributed by atoms with E-state index in [2.05, 4.69) is 19.2 Å². The molecule has 0 bridgehead atoms. The molecule has 1 atom stereocenters. The topological polar surface area (TPSA) is 49.3 Å². The molecule has 0 aromatic heterocycles. The molecule has 1 aromatic rings. The normalized spacial score (nSPS) is 21.6. The summed E-state index contributed by atoms with van der Waals surface area (Å²) >= 11 is 0. The van der Waals surface area contributed by atoms with Crippen LogP contribution in [0.15, 0.2) is 24.3 Å². The molecular weight excluding hydrogens is 202 g/mol. The average molecular weight is 219 g/mol. The maximum Gasteiger partial charge on any atom is 0.228 e. The first-order valence-corrected chi connectivity index (χ1v) is 5.54. The number of rotatable bonds is 3. The third-order valence-corrected chi connectivity index (χ3v) is 3.28. The summed E-state index contributed by atoms with van der Waals surface area (Å²) in [6.45, 7) is 4.13. The molecule has 1 amide bonds. The van der Waals surface area contributed by atoms with Crippen LogP contribution in [-0.2, 0) is 11.4 Å². The number of aliphatic hydroxyl groups is 1. The van der Waals surface area contributed by atoms with E-state index in [9.17, 15) is 4.79 Å². The zero-order chi connectivity index (χ0) is 11.8. The van der Waals surface area contributed by atoms with Gasteiger partial charge >= 0.3 is 0 Å². The SMILES string of the molecule is CC1(C)CC1C(=O)Nc1ccccc1CO. The first-order valence-electron chi connectivity index (χ1n) is 5.54. The van der Waals surface area contributed by atoms with Gasteiger partial charge in [-0.25, -0.2) is 0 Å². The Morgan fingerprint density at radius 1 is 1.50 bits per heavy atom. The molecule has 0 radical (unpaired) electrons. The van der Waals surface area contributed by atoms with Crippen molar-refractivity contribution in [2.75, 3.05) is 5.32 Å². The highest BCUT2D eigenvalue weighted by Gasteiger charge is 2.50. The van der Waals surface area contributed by atoms with E-state index >= 15 is 0 Å². The predicted molar refractivity (Wildman–Crippen MR) is 62.9 cm³/mol. The van der Waals surface area contributed by atoms with Crippen LogP contribution in [0.1, 0.15) is 25.8 Å². The Morgan fingerprint density at radius 3 is 2.69 bits per heavy atom. The Hall–Kier alpha value is -1.35. The summed E-state index contributed by atoms with van der Waals surface area (Å²) < 4.78 is 0. The fourth-order valence-electron chi connectivity index (χ4n) is 1.91. The third kappa shape index (κ3) is 2.09. The van der Waals surface area contributed by atoms with Gasteiger partial charge in [0.1, 0.15) is 0 Å². The maximum absolute atomic E-state index is 11.9. The monoisotopic (exact) mass is 219 g/mol. The Morgan fingerprint density at radius 2 is 2.12 bits per heavy atom. The van der Waals surface area contributed by atoms with Gasteiger partial charge in [0.15, 0.2) is 0 Å². The number of nitrogens with one attached hydrogen (secondary N) is 1. The minimum Gasteiger partial charge on any atom is -0.392 e. The largest absolute Gasteiger partial charge is 0.392 e. The van der Waals surface area contributed by atoms with E-state index in [1.165, 1.54) is 0 Å². The first-order chi connectivity index (χ1) is 7.54. The number of aliphatic hydroxyl groups excluding tert-OH is 1. The summed E-state index contributed by atoms with van der Waals surface area (Å²) in [7, 11) is 0. The van der Waals surface area contributed by atoms with Crippen molar-refractivity contribution in [2.24, 2.45) is 11.3 Å². The second kappa shape index (κ2) is 3.91. The molecule has 0 aliphatic heterocycles. The molecule has 0 heterocycles. The molecule has 1 aliphatic carbocycles. The molecule has 3 nitrogen and oxygen atoms in total. The highest BCUT2D eigenvalue weighted by Crippen LogP contribution is 2.52. The zero-order valence-corrected chi connectivity index (χ0v) is 9.66. The van der Waals surface area contributed by atoms with Crippen molar-refractivity contribution in [2.45, 2.75) is 26.9 Å². The van der Waals surface area contributed by atoms with Gasteiger partial charge in [-0.2, -0.15) is 0 Å². The number of carbonyl (C=O) groups is 1. The molecule has 1 aliphatic rings. The second-order valence-electron chi connectivity index (χ2n) is 5.05. The number of hydrogen-bond acceptors (Lipinski definition) is 2. The Bertz CT molecular complexity index is 412. The highest BCUT2D eigenvalue weighted by atomic mass is 16.3. The summed E-state index contributed by atoms with van der Waals surface area (Å²) in [5, 5.41) is 12.0. The van der Waals surface area contributed by atoms with Gasteiger partial charge in [0.25, 0.3) is 0 Å². The van der Waals surface area contributed by atoms with Crippen molar-refractivity contribution in [1.29, 1.82) is 0 Å². The Balaban J connectivity index is 2.07. The lowest BCUT2D eigenvalue weighted by molar-refractivity contribution is -0.118. The standard InChI is InChI=1S/C13H17NO2/c1-13(2)7-10(13)12(16)14-11-6-4-3-5-9(11)8-15/h3-6,10,15H,7-8H2,1-2H3,(H,14,16). The van der Waals surface area contributed by atoms with Crippen molar-refractivity contribution in [3.63, 3.8) is 0 Å². The van der Waals surface area contributed by atoms with Crippen LogP contribution in [-0.4, -0.2) is 11.0 Å². The first kappa shape index (κ1) is 11.1. The molecule has 86 valence electrons. The number of hydrogen-bond donors (Lipinski definition) is 2. The summed E-state index contributed by atoms with van der Waals surface area (Å²) in [4.78, 5) is 11.9. The Labute approximate surface area is 95.5 Å². The number of para-hydroxylation sites is 1. The molecule has 2 rings (SSSR count). The fourth-order valence-corrected chi connectivity index (χ4v) is 1.91. The van der Waals surface area contributed by atoms with Crippen molar-refractivity contribution < 1.29 is 9.90 Å². The van der Waals surface area contributed by atoms with Crippen LogP contribution in [0.4, 0.5) is 5.69 Å². The van der Waals surface area contributed by atoms with E-state index in [0.29, 0.717) is 0 Å². The lowest BCUT2D eigenvalue weighted by Gasteiger charge is -2.09. The van der Waals surface area contributed by atoms with Crippen molar-refractivity contribution in [3.8, 4) is 0 Å². The lowest BCUT2D eigenvalue weighted by Crippen LogP contribution is -2.17. The van der Waals surface area contributed by atoms with Crippen molar-refractivity contribution in [1.82, 2.24) is 0 Å². The molecule has 0 spiro atoms. The van der Waals surface area contributed by atoms with Gasteiger partial charge in [-0.15, -0.1) is 0 Å². The van der Waals surface area contributed by atoms with E-state index in [-0.39, 0.29) is 23.8 Å². The third-order valence-electron chi connectivity index (χ3n) is 3.28.